The van der Waals surface area contributed by atoms with Gasteiger partial charge in [0.25, 0.3) is 0 Å². The van der Waals surface area contributed by atoms with Gasteiger partial charge in [-0.2, -0.15) is 0 Å². The Hall–Kier alpha value is -11.7. The number of guanidine groups is 1. The summed E-state index contributed by atoms with van der Waals surface area (Å²) in [6.45, 7) is 2.61. The van der Waals surface area contributed by atoms with Crippen LogP contribution in [0.15, 0.2) is 102 Å². The molecule has 0 saturated carbocycles. The first-order valence-corrected chi connectivity index (χ1v) is 36.0. The molecule has 0 spiro atoms. The van der Waals surface area contributed by atoms with Crippen LogP contribution in [0.1, 0.15) is 82.2 Å². The van der Waals surface area contributed by atoms with Gasteiger partial charge in [-0.1, -0.05) is 86.6 Å². The van der Waals surface area contributed by atoms with E-state index in [1.54, 1.807) is 74.5 Å². The lowest BCUT2D eigenvalue weighted by Crippen LogP contribution is -2.63. The van der Waals surface area contributed by atoms with Gasteiger partial charge in [-0.3, -0.25) is 67.3 Å². The van der Waals surface area contributed by atoms with E-state index in [0.717, 1.165) is 28.7 Å². The van der Waals surface area contributed by atoms with E-state index < -0.39 is 212 Å². The molecule has 21 N–H and O–H groups in total. The second-order valence-electron chi connectivity index (χ2n) is 27.6. The number of nitrogens with two attached hydrogens (primary N) is 3. The van der Waals surface area contributed by atoms with Crippen molar-refractivity contribution in [3.05, 3.63) is 120 Å². The number of imidazole rings is 1. The molecule has 112 heavy (non-hydrogen) atoms. The van der Waals surface area contributed by atoms with Crippen LogP contribution >= 0.6 is 0 Å². The van der Waals surface area contributed by atoms with Gasteiger partial charge in [0.15, 0.2) is 5.96 Å². The SMILES string of the molecule is CC(C)[C@H](NC(=O)[C@@H](NC(=O)[C@H](Cc1ccc(O)cc1)NC(=O)[C@H](Cc1cnc[nH]1)NC(=O)[C@H](CO)N(C)C(=O)[C@H](CO)NC(=O)[C@H](Cc1ccccc1)N(C)C(=O)[C@H](Cc1ccccc1)N(C)C(=O)[C@H](CC(=O)O)NC(=O)CN(C)C(=O)[C@@H](N)[C@@H](C)O)[C@@H](C)O)C(=O)N1CCC[C@H]1C(=O)N[C@@H](CCCN=C(N)N)C(=O)O. The molecule has 4 aromatic rings. The maximum absolute atomic E-state index is 15.2. The van der Waals surface area contributed by atoms with Gasteiger partial charge in [0.2, 0.25) is 70.9 Å². The third-order valence-corrected chi connectivity index (χ3v) is 18.7. The van der Waals surface area contributed by atoms with Crippen molar-refractivity contribution in [2.75, 3.05) is 61.0 Å². The highest BCUT2D eigenvalue weighted by Crippen LogP contribution is 2.23. The Morgan fingerprint density at radius 3 is 1.64 bits per heavy atom. The molecule has 1 aliphatic heterocycles. The second kappa shape index (κ2) is 43.6. The van der Waals surface area contributed by atoms with E-state index in [1.807, 2.05) is 0 Å². The van der Waals surface area contributed by atoms with Gasteiger partial charge in [0.05, 0.1) is 44.7 Å². The Balaban J connectivity index is 1.39. The number of hydrogen-bond acceptors (Lipinski definition) is 22. The summed E-state index contributed by atoms with van der Waals surface area (Å²) in [6, 6.07) is 2.16. The summed E-state index contributed by atoms with van der Waals surface area (Å²) in [5.41, 5.74) is 18.0. The Labute approximate surface area is 645 Å². The first-order valence-electron chi connectivity index (χ1n) is 36.0. The van der Waals surface area contributed by atoms with Gasteiger partial charge in [0, 0.05) is 78.9 Å². The zero-order chi connectivity index (χ0) is 83.4. The molecule has 1 aliphatic rings. The molecule has 3 aromatic carbocycles. The monoisotopic (exact) mass is 1570 g/mol. The fourth-order valence-electron chi connectivity index (χ4n) is 12.2. The smallest absolute Gasteiger partial charge is 0.326 e. The van der Waals surface area contributed by atoms with Crippen LogP contribution in [0.5, 0.6) is 5.75 Å². The lowest BCUT2D eigenvalue weighted by atomic mass is 9.99. The molecule has 12 amide bonds. The maximum atomic E-state index is 15.2. The number of hydrogen-bond donors (Lipinski definition) is 18. The van der Waals surface area contributed by atoms with E-state index in [2.05, 4.69) is 52.2 Å². The summed E-state index contributed by atoms with van der Waals surface area (Å²) in [5.74, 6) is -16.2. The standard InChI is InChI=1S/C73H104N18O21/c1-39(2)59(71(110)91-28-16-22-52(91)63(102)81-47(72(111)112)21-15-27-78-73(75)76)85-66(105)60(41(4)95)86-62(101)48(29-44-23-25-46(96)26-24-44)82-61(100)49(32-45-34-77-38-79-45)83-65(104)55(37-93)90(8)68(107)51(36-92)84-64(103)53(30-42-17-11-9-12-18-42)88(6)69(108)54(31-43-19-13-10-14-20-43)89(7)67(106)50(33-57(98)99)80-56(97)35-87(5)70(109)58(74)40(3)94/h9-14,17-20,23-26,34,38-41,47-55,58-60,92-96H,15-16,21-22,27-33,35-37,74H2,1-8H3,(H,77,79)(H,80,97)(H,81,102)(H,82,100)(H,83,104)(H,84,103)(H,85,105)(H,86,101)(H,98,99)(H,111,112)(H4,75,76,78)/t40-,41-,47+,48+,49+,50+,51+,52+,53+,54+,55+,58+,59+,60+/m1/s1. The summed E-state index contributed by atoms with van der Waals surface area (Å²) in [5, 5.41) is 90.1. The molecule has 0 radical (unpaired) electrons. The number of benzene rings is 3. The molecular weight excluding hydrogens is 1460 g/mol. The number of amides is 12. The van der Waals surface area contributed by atoms with Crippen molar-refractivity contribution in [3.63, 3.8) is 0 Å². The zero-order valence-electron chi connectivity index (χ0n) is 63.5. The van der Waals surface area contributed by atoms with Crippen molar-refractivity contribution in [1.82, 2.24) is 71.7 Å². The molecule has 1 fully saturated rings. The van der Waals surface area contributed by atoms with Crippen LogP contribution < -0.4 is 54.4 Å². The van der Waals surface area contributed by atoms with Crippen LogP contribution in [-0.2, 0) is 92.8 Å². The zero-order valence-corrected chi connectivity index (χ0v) is 63.5. The number of phenols is 1. The summed E-state index contributed by atoms with van der Waals surface area (Å²) in [7, 11) is 4.59. The van der Waals surface area contributed by atoms with Crippen molar-refractivity contribution in [1.29, 1.82) is 0 Å². The summed E-state index contributed by atoms with van der Waals surface area (Å²) in [4.78, 5) is 211. The number of nitrogens with zero attached hydrogens (tertiary/aromatic N) is 7. The number of aromatic nitrogens is 2. The third-order valence-electron chi connectivity index (χ3n) is 18.7. The van der Waals surface area contributed by atoms with Gasteiger partial charge in [-0.25, -0.2) is 9.78 Å². The lowest BCUT2D eigenvalue weighted by Gasteiger charge is -2.36. The number of aliphatic carboxylic acids is 2. The predicted octanol–water partition coefficient (Wildman–Crippen LogP) is -5.95. The molecular formula is C73H104N18O21. The molecule has 612 valence electrons. The number of aliphatic imine (C=N–C) groups is 1. The van der Waals surface area contributed by atoms with E-state index >= 15 is 4.79 Å². The number of aromatic hydroxyl groups is 1. The van der Waals surface area contributed by atoms with Crippen molar-refractivity contribution < 1.29 is 103 Å². The number of phenolic OH excluding ortho intramolecular Hbond substituents is 1. The topological polar surface area (TPSA) is 600 Å². The summed E-state index contributed by atoms with van der Waals surface area (Å²) >= 11 is 0. The van der Waals surface area contributed by atoms with Gasteiger partial charge in [0.1, 0.15) is 78.3 Å². The molecule has 2 heterocycles. The fraction of sp³-hybridized carbons (Fsp3) is 0.507. The first-order chi connectivity index (χ1) is 52.9. The minimum Gasteiger partial charge on any atom is -0.508 e. The van der Waals surface area contributed by atoms with E-state index in [1.165, 1.54) is 69.8 Å². The predicted molar refractivity (Wildman–Crippen MR) is 400 cm³/mol. The van der Waals surface area contributed by atoms with Crippen molar-refractivity contribution in [2.45, 2.75) is 170 Å². The van der Waals surface area contributed by atoms with Gasteiger partial charge in [-0.15, -0.1) is 0 Å². The van der Waals surface area contributed by atoms with Crippen LogP contribution in [0.2, 0.25) is 0 Å². The summed E-state index contributed by atoms with van der Waals surface area (Å²) in [6.07, 6.45) is -2.26. The number of carbonyl (C=O) groups is 14. The minimum absolute atomic E-state index is 0.0366. The average molecular weight is 1570 g/mol. The van der Waals surface area contributed by atoms with Crippen LogP contribution in [-0.4, -0.2) is 305 Å². The highest BCUT2D eigenvalue weighted by molar-refractivity contribution is 6.00. The van der Waals surface area contributed by atoms with Crippen LogP contribution in [0.4, 0.5) is 0 Å². The Morgan fingerprint density at radius 2 is 1.11 bits per heavy atom. The van der Waals surface area contributed by atoms with Crippen LogP contribution in [0.25, 0.3) is 0 Å². The number of H-pyrrole nitrogens is 1. The van der Waals surface area contributed by atoms with Gasteiger partial charge in [-0.05, 0) is 74.3 Å². The number of carboxylic acid groups (broad SMARTS) is 2. The fourth-order valence-corrected chi connectivity index (χ4v) is 12.2. The molecule has 5 rings (SSSR count). The summed E-state index contributed by atoms with van der Waals surface area (Å²) < 4.78 is 0. The average Bonchev–Trinajstić information content (AvgIpc) is 1.26. The van der Waals surface area contributed by atoms with Gasteiger partial charge >= 0.3 is 11.9 Å². The number of carboxylic acids is 2. The number of rotatable bonds is 43. The van der Waals surface area contributed by atoms with Gasteiger partial charge < -0.3 is 120 Å². The normalized spacial score (nSPS) is 16.0. The van der Waals surface area contributed by atoms with Crippen molar-refractivity contribution >= 4 is 88.8 Å². The molecule has 0 bridgehead atoms. The van der Waals surface area contributed by atoms with Crippen LogP contribution in [0.3, 0.4) is 0 Å². The quantitative estimate of drug-likeness (QED) is 0.0111. The molecule has 1 saturated heterocycles. The van der Waals surface area contributed by atoms with E-state index in [-0.39, 0.29) is 62.6 Å². The largest absolute Gasteiger partial charge is 0.508 e. The third kappa shape index (κ3) is 26.8. The molecule has 39 nitrogen and oxygen atoms in total. The molecule has 39 heteroatoms. The number of aliphatic hydroxyl groups is 4. The Kier molecular flexibility index (Phi) is 35.4. The van der Waals surface area contributed by atoms with E-state index in [4.69, 9.17) is 17.2 Å². The van der Waals surface area contributed by atoms with Crippen LogP contribution in [0, 0.1) is 5.92 Å². The maximum Gasteiger partial charge on any atom is 0.326 e. The number of likely N-dealkylation sites (N-methyl/N-ethyl adjacent to an activating group) is 4. The van der Waals surface area contributed by atoms with E-state index in [0.29, 0.717) is 28.0 Å². The molecule has 1 aromatic heterocycles. The van der Waals surface area contributed by atoms with E-state index in [9.17, 15) is 98.1 Å². The number of aliphatic hydroxyl groups excluding tert-OH is 4. The number of nitrogens with one attached hydrogen (secondary N) is 8. The molecule has 0 aliphatic carbocycles. The highest BCUT2D eigenvalue weighted by atomic mass is 16.4. The number of carbonyl (C=O) groups excluding carboxylic acids is 12. The Bertz CT molecular complexity index is 3910. The van der Waals surface area contributed by atoms with Crippen molar-refractivity contribution in [2.24, 2.45) is 28.1 Å². The first kappa shape index (κ1) is 90.9. The molecule has 14 atom stereocenters. The lowest BCUT2D eigenvalue weighted by molar-refractivity contribution is -0.151. The minimum atomic E-state index is -1.95. The number of likely N-dealkylation sites (tertiary alicyclic amines) is 1. The highest BCUT2D eigenvalue weighted by Gasteiger charge is 2.44. The Morgan fingerprint density at radius 1 is 0.580 bits per heavy atom. The molecule has 0 unspecified atom stereocenters. The second-order valence-corrected chi connectivity index (χ2v) is 27.6. The number of aromatic amines is 1. The van der Waals surface area contributed by atoms with Crippen molar-refractivity contribution in [3.8, 4) is 5.75 Å².